The number of fused-ring (bicyclic) bond motifs is 1. The normalized spacial score (nSPS) is 12.4. The molecule has 2 heterocycles. The van der Waals surface area contributed by atoms with Crippen LogP contribution in [-0.2, 0) is 9.53 Å². The number of rotatable bonds is 6. The fraction of sp³-hybridized carbons (Fsp3) is 0.286. The van der Waals surface area contributed by atoms with E-state index < -0.39 is 12.1 Å². The molecule has 0 radical (unpaired) electrons. The van der Waals surface area contributed by atoms with Crippen LogP contribution in [0, 0.1) is 13.8 Å². The highest BCUT2D eigenvalue weighted by molar-refractivity contribution is 7.18. The van der Waals surface area contributed by atoms with Crippen LogP contribution in [0.3, 0.4) is 0 Å². The third kappa shape index (κ3) is 4.14. The fourth-order valence-corrected chi connectivity index (χ4v) is 3.83. The molecule has 1 aromatic carbocycles. The smallest absolute Gasteiger partial charge is 0.331 e. The number of aryl methyl sites for hydroxylation is 2. The SMILES string of the molecule is CCOc1ccccc1/C=C/C(=O)O[C@@H](C)c1nc2sc(C)c(C)c2c(=O)[nH]1. The second kappa shape index (κ2) is 8.39. The Labute approximate surface area is 166 Å². The van der Waals surface area contributed by atoms with Crippen molar-refractivity contribution in [1.29, 1.82) is 0 Å². The number of carbonyl (C=O) groups is 1. The zero-order chi connectivity index (χ0) is 20.3. The first-order valence-electron chi connectivity index (χ1n) is 9.01. The number of ether oxygens (including phenoxy) is 2. The second-order valence-electron chi connectivity index (χ2n) is 6.30. The molecular formula is C21H22N2O4S. The van der Waals surface area contributed by atoms with Crippen LogP contribution in [0.5, 0.6) is 5.75 Å². The summed E-state index contributed by atoms with van der Waals surface area (Å²) in [4.78, 5) is 33.5. The van der Waals surface area contributed by atoms with Gasteiger partial charge in [0, 0.05) is 16.5 Å². The Balaban J connectivity index is 1.76. The van der Waals surface area contributed by atoms with E-state index in [2.05, 4.69) is 9.97 Å². The Hall–Kier alpha value is -2.93. The number of carbonyl (C=O) groups excluding carboxylic acids is 1. The molecule has 0 saturated carbocycles. The van der Waals surface area contributed by atoms with Gasteiger partial charge in [0.15, 0.2) is 11.9 Å². The molecule has 0 bridgehead atoms. The summed E-state index contributed by atoms with van der Waals surface area (Å²) in [6.45, 7) is 7.97. The van der Waals surface area contributed by atoms with Crippen molar-refractivity contribution in [3.8, 4) is 5.75 Å². The van der Waals surface area contributed by atoms with Gasteiger partial charge in [-0.2, -0.15) is 0 Å². The predicted octanol–water partition coefficient (Wildman–Crippen LogP) is 4.32. The maximum absolute atomic E-state index is 12.4. The van der Waals surface area contributed by atoms with Gasteiger partial charge in [-0.3, -0.25) is 4.79 Å². The minimum Gasteiger partial charge on any atom is -0.493 e. The lowest BCUT2D eigenvalue weighted by Gasteiger charge is -2.11. The Kier molecular flexibility index (Phi) is 5.94. The number of hydrogen-bond acceptors (Lipinski definition) is 6. The monoisotopic (exact) mass is 398 g/mol. The van der Waals surface area contributed by atoms with Gasteiger partial charge >= 0.3 is 5.97 Å². The van der Waals surface area contributed by atoms with Gasteiger partial charge in [-0.1, -0.05) is 18.2 Å². The summed E-state index contributed by atoms with van der Waals surface area (Å²) < 4.78 is 10.9. The molecule has 0 amide bonds. The van der Waals surface area contributed by atoms with Crippen LogP contribution in [0.25, 0.3) is 16.3 Å². The summed E-state index contributed by atoms with van der Waals surface area (Å²) in [6.07, 6.45) is 2.30. The number of aromatic amines is 1. The van der Waals surface area contributed by atoms with Crippen molar-refractivity contribution in [3.63, 3.8) is 0 Å². The molecule has 1 atom stereocenters. The summed E-state index contributed by atoms with van der Waals surface area (Å²) in [6, 6.07) is 7.43. The van der Waals surface area contributed by atoms with Crippen LogP contribution in [-0.4, -0.2) is 22.5 Å². The second-order valence-corrected chi connectivity index (χ2v) is 7.50. The zero-order valence-corrected chi connectivity index (χ0v) is 17.1. The maximum Gasteiger partial charge on any atom is 0.331 e. The third-order valence-corrected chi connectivity index (χ3v) is 5.45. The van der Waals surface area contributed by atoms with Gasteiger partial charge in [0.25, 0.3) is 5.56 Å². The molecule has 0 saturated heterocycles. The van der Waals surface area contributed by atoms with E-state index in [1.807, 2.05) is 45.0 Å². The summed E-state index contributed by atoms with van der Waals surface area (Å²) in [7, 11) is 0. The molecule has 28 heavy (non-hydrogen) atoms. The Morgan fingerprint density at radius 1 is 1.32 bits per heavy atom. The molecule has 0 aliphatic rings. The molecule has 1 N–H and O–H groups in total. The lowest BCUT2D eigenvalue weighted by Crippen LogP contribution is -2.16. The van der Waals surface area contributed by atoms with Crippen molar-refractivity contribution in [2.75, 3.05) is 6.61 Å². The lowest BCUT2D eigenvalue weighted by molar-refractivity contribution is -0.142. The number of aromatic nitrogens is 2. The number of nitrogens with one attached hydrogen (secondary N) is 1. The van der Waals surface area contributed by atoms with Gasteiger partial charge in [-0.15, -0.1) is 11.3 Å². The molecule has 0 unspecified atom stereocenters. The number of H-pyrrole nitrogens is 1. The minimum atomic E-state index is -0.681. The Morgan fingerprint density at radius 3 is 2.82 bits per heavy atom. The van der Waals surface area contributed by atoms with Gasteiger partial charge in [0.2, 0.25) is 0 Å². The van der Waals surface area contributed by atoms with Crippen molar-refractivity contribution >= 4 is 33.6 Å². The molecule has 7 heteroatoms. The molecule has 0 aliphatic carbocycles. The van der Waals surface area contributed by atoms with Gasteiger partial charge in [0.1, 0.15) is 10.6 Å². The van der Waals surface area contributed by atoms with E-state index in [0.717, 1.165) is 16.0 Å². The summed E-state index contributed by atoms with van der Waals surface area (Å²) in [5.41, 5.74) is 1.50. The number of hydrogen-bond donors (Lipinski definition) is 1. The number of nitrogens with zero attached hydrogens (tertiary/aromatic N) is 1. The highest BCUT2D eigenvalue weighted by Gasteiger charge is 2.17. The van der Waals surface area contributed by atoms with Crippen molar-refractivity contribution < 1.29 is 14.3 Å². The number of para-hydroxylation sites is 1. The zero-order valence-electron chi connectivity index (χ0n) is 16.2. The molecule has 3 aromatic rings. The van der Waals surface area contributed by atoms with Crippen molar-refractivity contribution in [2.45, 2.75) is 33.8 Å². The van der Waals surface area contributed by atoms with Gasteiger partial charge < -0.3 is 14.5 Å². The van der Waals surface area contributed by atoms with E-state index in [0.29, 0.717) is 28.4 Å². The van der Waals surface area contributed by atoms with Crippen LogP contribution < -0.4 is 10.3 Å². The first-order valence-corrected chi connectivity index (χ1v) is 9.82. The molecule has 6 nitrogen and oxygen atoms in total. The number of esters is 1. The largest absolute Gasteiger partial charge is 0.493 e. The van der Waals surface area contributed by atoms with Crippen molar-refractivity contribution in [2.24, 2.45) is 0 Å². The maximum atomic E-state index is 12.4. The lowest BCUT2D eigenvalue weighted by atomic mass is 10.2. The molecule has 2 aromatic heterocycles. The Morgan fingerprint density at radius 2 is 2.07 bits per heavy atom. The molecule has 0 fully saturated rings. The van der Waals surface area contributed by atoms with E-state index in [4.69, 9.17) is 9.47 Å². The van der Waals surface area contributed by atoms with Crippen LogP contribution in [0.2, 0.25) is 0 Å². The van der Waals surface area contributed by atoms with Crippen LogP contribution in [0.15, 0.2) is 35.1 Å². The first kappa shape index (κ1) is 19.8. The standard InChI is InChI=1S/C21H22N2O4S/c1-5-26-16-9-7-6-8-15(16)10-11-17(24)27-13(3)19-22-20(25)18-12(2)14(4)28-21(18)23-19/h6-11,13H,5H2,1-4H3,(H,22,23,25)/b11-10+/t13-/m0/s1. The van der Waals surface area contributed by atoms with E-state index in [9.17, 15) is 9.59 Å². The summed E-state index contributed by atoms with van der Waals surface area (Å²) in [5.74, 6) is 0.497. The Bertz CT molecular complexity index is 1100. The van der Waals surface area contributed by atoms with E-state index in [-0.39, 0.29) is 5.56 Å². The molecule has 146 valence electrons. The molecule has 0 spiro atoms. The highest BCUT2D eigenvalue weighted by Crippen LogP contribution is 2.27. The average Bonchev–Trinajstić information content (AvgIpc) is 2.95. The molecular weight excluding hydrogens is 376 g/mol. The average molecular weight is 398 g/mol. The highest BCUT2D eigenvalue weighted by atomic mass is 32.1. The van der Waals surface area contributed by atoms with Gasteiger partial charge in [0.05, 0.1) is 12.0 Å². The number of benzene rings is 1. The van der Waals surface area contributed by atoms with Crippen LogP contribution in [0.4, 0.5) is 0 Å². The van der Waals surface area contributed by atoms with Crippen molar-refractivity contribution in [1.82, 2.24) is 9.97 Å². The topological polar surface area (TPSA) is 81.3 Å². The molecule has 3 rings (SSSR count). The quantitative estimate of drug-likeness (QED) is 0.494. The molecule has 0 aliphatic heterocycles. The van der Waals surface area contributed by atoms with E-state index >= 15 is 0 Å². The van der Waals surface area contributed by atoms with E-state index in [1.54, 1.807) is 13.0 Å². The van der Waals surface area contributed by atoms with Crippen molar-refractivity contribution in [3.05, 3.63) is 62.5 Å². The third-order valence-electron chi connectivity index (χ3n) is 4.35. The van der Waals surface area contributed by atoms with Crippen LogP contribution in [0.1, 0.15) is 41.8 Å². The van der Waals surface area contributed by atoms with Gasteiger partial charge in [-0.05, 0) is 45.4 Å². The predicted molar refractivity (Wildman–Crippen MR) is 111 cm³/mol. The minimum absolute atomic E-state index is 0.217. The summed E-state index contributed by atoms with van der Waals surface area (Å²) >= 11 is 1.46. The van der Waals surface area contributed by atoms with E-state index in [1.165, 1.54) is 17.4 Å². The van der Waals surface area contributed by atoms with Gasteiger partial charge in [-0.25, -0.2) is 9.78 Å². The fourth-order valence-electron chi connectivity index (χ4n) is 2.80. The first-order chi connectivity index (χ1) is 13.4. The van der Waals surface area contributed by atoms with Crippen LogP contribution >= 0.6 is 11.3 Å². The number of thiophene rings is 1. The summed E-state index contributed by atoms with van der Waals surface area (Å²) in [5, 5.41) is 0.595.